The van der Waals surface area contributed by atoms with Gasteiger partial charge in [0.05, 0.1) is 6.61 Å². The highest BCUT2D eigenvalue weighted by Crippen LogP contribution is 2.27. The number of hydrogen-bond acceptors (Lipinski definition) is 3. The third-order valence-electron chi connectivity index (χ3n) is 3.99. The summed E-state index contributed by atoms with van der Waals surface area (Å²) < 4.78 is 11.2. The van der Waals surface area contributed by atoms with Crippen molar-refractivity contribution in [3.63, 3.8) is 0 Å². The summed E-state index contributed by atoms with van der Waals surface area (Å²) in [5.74, 6) is 1.18. The number of carbonyl (C=O) groups excluding carboxylic acids is 1. The molecule has 0 fully saturated rings. The lowest BCUT2D eigenvalue weighted by Gasteiger charge is -2.10. The quantitative estimate of drug-likeness (QED) is 0.656. The first-order chi connectivity index (χ1) is 11.7. The molecule has 0 radical (unpaired) electrons. The average Bonchev–Trinajstić information content (AvgIpc) is 3.05. The maximum atomic E-state index is 12.6. The topological polar surface area (TPSA) is 51.3 Å². The number of fused-ring (bicyclic) bond motifs is 1. The molecule has 24 heavy (non-hydrogen) atoms. The summed E-state index contributed by atoms with van der Waals surface area (Å²) in [4.78, 5) is 15.8. The Balaban J connectivity index is 1.79. The maximum absolute atomic E-state index is 12.6. The van der Waals surface area contributed by atoms with Crippen LogP contribution in [0.15, 0.2) is 48.7 Å². The number of hydrogen-bond donors (Lipinski definition) is 1. The van der Waals surface area contributed by atoms with Gasteiger partial charge in [0.2, 0.25) is 5.78 Å². The summed E-state index contributed by atoms with van der Waals surface area (Å²) in [6.07, 6.45) is 2.69. The van der Waals surface area contributed by atoms with E-state index in [2.05, 4.69) is 18.0 Å². The minimum atomic E-state index is -0.0548. The number of aromatic nitrogens is 1. The van der Waals surface area contributed by atoms with Crippen molar-refractivity contribution in [2.45, 2.75) is 20.3 Å². The molecule has 0 aliphatic rings. The van der Waals surface area contributed by atoms with Gasteiger partial charge in [-0.2, -0.15) is 0 Å². The molecule has 4 heteroatoms. The van der Waals surface area contributed by atoms with Crippen LogP contribution in [-0.2, 0) is 6.42 Å². The zero-order chi connectivity index (χ0) is 16.9. The fourth-order valence-corrected chi connectivity index (χ4v) is 2.81. The first kappa shape index (κ1) is 16.1. The summed E-state index contributed by atoms with van der Waals surface area (Å²) in [5, 5.41) is 0.945. The minimum Gasteiger partial charge on any atom is -0.490 e. The number of nitrogens with one attached hydrogen (secondary N) is 1. The Morgan fingerprint density at radius 2 is 1.75 bits per heavy atom. The number of H-pyrrole nitrogens is 1. The number of benzene rings is 2. The van der Waals surface area contributed by atoms with Crippen LogP contribution >= 0.6 is 0 Å². The predicted molar refractivity (Wildman–Crippen MR) is 95.1 cm³/mol. The van der Waals surface area contributed by atoms with Crippen molar-refractivity contribution in [1.29, 1.82) is 0 Å². The molecule has 0 bridgehead atoms. The van der Waals surface area contributed by atoms with E-state index in [9.17, 15) is 4.79 Å². The Kier molecular flexibility index (Phi) is 4.85. The van der Waals surface area contributed by atoms with Gasteiger partial charge >= 0.3 is 0 Å². The number of para-hydroxylation sites is 3. The molecule has 4 nitrogen and oxygen atoms in total. The Morgan fingerprint density at radius 3 is 2.46 bits per heavy atom. The van der Waals surface area contributed by atoms with Crippen molar-refractivity contribution in [3.8, 4) is 11.5 Å². The average molecular weight is 323 g/mol. The summed E-state index contributed by atoms with van der Waals surface area (Å²) in [6, 6.07) is 13.4. The molecule has 124 valence electrons. The number of ketones is 1. The second kappa shape index (κ2) is 7.21. The highest BCUT2D eigenvalue weighted by molar-refractivity contribution is 6.09. The molecule has 3 aromatic rings. The van der Waals surface area contributed by atoms with Crippen molar-refractivity contribution in [1.82, 2.24) is 4.98 Å². The highest BCUT2D eigenvalue weighted by atomic mass is 16.5. The molecule has 0 aliphatic carbocycles. The number of rotatable bonds is 7. The van der Waals surface area contributed by atoms with E-state index < -0.39 is 0 Å². The van der Waals surface area contributed by atoms with Crippen molar-refractivity contribution in [2.24, 2.45) is 0 Å². The van der Waals surface area contributed by atoms with Crippen LogP contribution in [0.2, 0.25) is 0 Å². The molecule has 3 rings (SSSR count). The minimum absolute atomic E-state index is 0.0204. The monoisotopic (exact) mass is 323 g/mol. The van der Waals surface area contributed by atoms with E-state index in [-0.39, 0.29) is 12.4 Å². The van der Waals surface area contributed by atoms with Gasteiger partial charge in [-0.05, 0) is 31.0 Å². The molecule has 1 N–H and O–H groups in total. The Morgan fingerprint density at radius 1 is 1.00 bits per heavy atom. The number of carbonyl (C=O) groups is 1. The zero-order valence-electron chi connectivity index (χ0n) is 14.0. The second-order valence-electron chi connectivity index (χ2n) is 5.49. The van der Waals surface area contributed by atoms with E-state index in [0.29, 0.717) is 23.7 Å². The van der Waals surface area contributed by atoms with Crippen LogP contribution in [0.4, 0.5) is 0 Å². The van der Waals surface area contributed by atoms with Gasteiger partial charge < -0.3 is 14.5 Å². The number of aryl methyl sites for hydroxylation is 1. The summed E-state index contributed by atoms with van der Waals surface area (Å²) in [7, 11) is 0. The molecule has 1 aromatic heterocycles. The fourth-order valence-electron chi connectivity index (χ4n) is 2.81. The molecule has 0 atom stereocenters. The van der Waals surface area contributed by atoms with Crippen LogP contribution in [0.3, 0.4) is 0 Å². The Labute approximate surface area is 141 Å². The zero-order valence-corrected chi connectivity index (χ0v) is 14.0. The van der Waals surface area contributed by atoms with Gasteiger partial charge in [-0.3, -0.25) is 4.79 Å². The number of Topliss-reactive ketones (excluding diaryl/α,β-unsaturated/α-hetero) is 1. The van der Waals surface area contributed by atoms with Gasteiger partial charge in [0.25, 0.3) is 0 Å². The van der Waals surface area contributed by atoms with E-state index in [0.717, 1.165) is 17.3 Å². The number of ether oxygens (including phenoxy) is 2. The van der Waals surface area contributed by atoms with Crippen molar-refractivity contribution < 1.29 is 14.3 Å². The SMILES string of the molecule is CCOc1ccccc1OCC(=O)c1c[nH]c2c(CC)cccc12. The van der Waals surface area contributed by atoms with Crippen molar-refractivity contribution in [3.05, 3.63) is 59.8 Å². The summed E-state index contributed by atoms with van der Waals surface area (Å²) >= 11 is 0. The van der Waals surface area contributed by atoms with Gasteiger partial charge in [-0.1, -0.05) is 37.3 Å². The lowest BCUT2D eigenvalue weighted by molar-refractivity contribution is 0.0920. The van der Waals surface area contributed by atoms with Crippen LogP contribution in [0.1, 0.15) is 29.8 Å². The summed E-state index contributed by atoms with van der Waals surface area (Å²) in [5.41, 5.74) is 2.89. The molecule has 0 spiro atoms. The maximum Gasteiger partial charge on any atom is 0.202 e. The van der Waals surface area contributed by atoms with E-state index in [4.69, 9.17) is 9.47 Å². The van der Waals surface area contributed by atoms with E-state index in [1.165, 1.54) is 5.56 Å². The second-order valence-corrected chi connectivity index (χ2v) is 5.49. The van der Waals surface area contributed by atoms with Gasteiger partial charge in [0.1, 0.15) is 0 Å². The lowest BCUT2D eigenvalue weighted by Crippen LogP contribution is -2.11. The summed E-state index contributed by atoms with van der Waals surface area (Å²) in [6.45, 7) is 4.55. The molecule has 1 heterocycles. The van der Waals surface area contributed by atoms with Crippen LogP contribution in [0.25, 0.3) is 10.9 Å². The van der Waals surface area contributed by atoms with Gasteiger partial charge in [-0.15, -0.1) is 0 Å². The molecule has 0 unspecified atom stereocenters. The van der Waals surface area contributed by atoms with Crippen LogP contribution in [0, 0.1) is 0 Å². The molecule has 0 saturated heterocycles. The Hall–Kier alpha value is -2.75. The molecule has 0 aliphatic heterocycles. The molecule has 2 aromatic carbocycles. The molecule has 0 saturated carbocycles. The lowest BCUT2D eigenvalue weighted by atomic mass is 10.1. The van der Waals surface area contributed by atoms with Gasteiger partial charge in [0.15, 0.2) is 18.1 Å². The van der Waals surface area contributed by atoms with Crippen molar-refractivity contribution in [2.75, 3.05) is 13.2 Å². The van der Waals surface area contributed by atoms with Crippen LogP contribution in [-0.4, -0.2) is 24.0 Å². The Bertz CT molecular complexity index is 851. The number of aromatic amines is 1. The normalized spacial score (nSPS) is 10.8. The van der Waals surface area contributed by atoms with Crippen molar-refractivity contribution >= 4 is 16.7 Å². The van der Waals surface area contributed by atoms with E-state index in [1.807, 2.05) is 43.3 Å². The molecule has 0 amide bonds. The highest BCUT2D eigenvalue weighted by Gasteiger charge is 2.15. The largest absolute Gasteiger partial charge is 0.490 e. The first-order valence-corrected chi connectivity index (χ1v) is 8.21. The van der Waals surface area contributed by atoms with Gasteiger partial charge in [-0.25, -0.2) is 0 Å². The predicted octanol–water partition coefficient (Wildman–Crippen LogP) is 4.39. The molecular weight excluding hydrogens is 302 g/mol. The van der Waals surface area contributed by atoms with E-state index in [1.54, 1.807) is 6.20 Å². The first-order valence-electron chi connectivity index (χ1n) is 8.21. The van der Waals surface area contributed by atoms with Gasteiger partial charge in [0, 0.05) is 22.7 Å². The fraction of sp³-hybridized carbons (Fsp3) is 0.250. The van der Waals surface area contributed by atoms with Crippen LogP contribution < -0.4 is 9.47 Å². The van der Waals surface area contributed by atoms with Crippen LogP contribution in [0.5, 0.6) is 11.5 Å². The smallest absolute Gasteiger partial charge is 0.202 e. The van der Waals surface area contributed by atoms with E-state index >= 15 is 0 Å². The third kappa shape index (κ3) is 3.13. The molecular formula is C20H21NO3. The third-order valence-corrected chi connectivity index (χ3v) is 3.99. The standard InChI is InChI=1S/C20H21NO3/c1-3-14-8-7-9-15-16(12-21-20(14)15)17(22)13-24-19-11-6-5-10-18(19)23-4-2/h5-12,21H,3-4,13H2,1-2H3.